The van der Waals surface area contributed by atoms with Gasteiger partial charge in [0.05, 0.1) is 11.1 Å². The molecule has 0 aliphatic heterocycles. The minimum atomic E-state index is -1.35. The largest absolute Gasteiger partial charge is 0.335 e. The van der Waals surface area contributed by atoms with Gasteiger partial charge in [0.15, 0.2) is 0 Å². The van der Waals surface area contributed by atoms with Crippen molar-refractivity contribution >= 4 is 11.6 Å². The summed E-state index contributed by atoms with van der Waals surface area (Å²) in [5.74, 6) is -2.46. The van der Waals surface area contributed by atoms with Gasteiger partial charge in [-0.15, -0.1) is 0 Å². The summed E-state index contributed by atoms with van der Waals surface area (Å²) in [6.07, 6.45) is 0.389. The molecule has 0 aliphatic carbocycles. The molecule has 0 bridgehead atoms. The number of carbonyl (C=O) groups is 1. The third-order valence-electron chi connectivity index (χ3n) is 2.45. The Bertz CT molecular complexity index is 823. The molecule has 0 saturated carbocycles. The maximum Gasteiger partial charge on any atom is 0.335 e. The van der Waals surface area contributed by atoms with Crippen molar-refractivity contribution in [3.63, 3.8) is 0 Å². The molecule has 0 spiro atoms. The molecule has 8 nitrogen and oxygen atoms in total. The van der Waals surface area contributed by atoms with Crippen LogP contribution in [0.2, 0.25) is 0 Å². The summed E-state index contributed by atoms with van der Waals surface area (Å²) in [6.45, 7) is 0. The molecular weight excluding hydrogens is 273 g/mol. The Kier molecular flexibility index (Phi) is 3.25. The fourth-order valence-corrected chi connectivity index (χ4v) is 1.54. The Morgan fingerprint density at radius 1 is 1.30 bits per heavy atom. The lowest BCUT2D eigenvalue weighted by atomic mass is 10.1. The lowest BCUT2D eigenvalue weighted by Crippen LogP contribution is -2.35. The molecule has 0 atom stereocenters. The van der Waals surface area contributed by atoms with Gasteiger partial charge in [-0.1, -0.05) is 12.1 Å². The van der Waals surface area contributed by atoms with Gasteiger partial charge in [0, 0.05) is 6.07 Å². The smallest absolute Gasteiger partial charge is 0.271 e. The number of nitro groups is 1. The van der Waals surface area contributed by atoms with E-state index < -0.39 is 39.1 Å². The molecular formula is C11H6FN3O5. The summed E-state index contributed by atoms with van der Waals surface area (Å²) in [7, 11) is 0. The summed E-state index contributed by atoms with van der Waals surface area (Å²) in [5, 5.41) is 10.8. The van der Waals surface area contributed by atoms with Crippen LogP contribution in [0.25, 0.3) is 0 Å². The number of rotatable bonds is 2. The molecule has 0 radical (unpaired) electrons. The van der Waals surface area contributed by atoms with Crippen LogP contribution >= 0.6 is 0 Å². The summed E-state index contributed by atoms with van der Waals surface area (Å²) in [4.78, 5) is 45.9. The number of nitrogens with zero attached hydrogens (tertiary/aromatic N) is 2. The van der Waals surface area contributed by atoms with Gasteiger partial charge < -0.3 is 0 Å². The van der Waals surface area contributed by atoms with Crippen molar-refractivity contribution in [2.75, 3.05) is 0 Å². The highest BCUT2D eigenvalue weighted by Crippen LogP contribution is 2.18. The van der Waals surface area contributed by atoms with Crippen molar-refractivity contribution in [3.05, 3.63) is 72.8 Å². The fraction of sp³-hybridized carbons (Fsp3) is 0. The standard InChI is InChI=1S/C11H6FN3O5/c12-7-5-14(11(18)13-9(7)16)10(17)6-3-1-2-4-8(6)15(19)20/h1-5H,(H,13,16,18). The Morgan fingerprint density at radius 2 is 1.95 bits per heavy atom. The van der Waals surface area contributed by atoms with Gasteiger partial charge in [0.2, 0.25) is 5.82 Å². The summed E-state index contributed by atoms with van der Waals surface area (Å²) >= 11 is 0. The van der Waals surface area contributed by atoms with Crippen LogP contribution in [0, 0.1) is 15.9 Å². The average Bonchev–Trinajstić information content (AvgIpc) is 2.42. The molecule has 20 heavy (non-hydrogen) atoms. The monoisotopic (exact) mass is 279 g/mol. The molecule has 1 aromatic carbocycles. The van der Waals surface area contributed by atoms with E-state index >= 15 is 0 Å². The van der Waals surface area contributed by atoms with Gasteiger partial charge in [-0.25, -0.2) is 9.36 Å². The number of nitrogens with one attached hydrogen (secondary N) is 1. The van der Waals surface area contributed by atoms with Crippen LogP contribution in [0.5, 0.6) is 0 Å². The highest BCUT2D eigenvalue weighted by Gasteiger charge is 2.22. The van der Waals surface area contributed by atoms with Crippen molar-refractivity contribution in [1.29, 1.82) is 0 Å². The van der Waals surface area contributed by atoms with Gasteiger partial charge in [-0.2, -0.15) is 4.39 Å². The zero-order valence-electron chi connectivity index (χ0n) is 9.70. The first-order chi connectivity index (χ1) is 9.41. The quantitative estimate of drug-likeness (QED) is 0.626. The topological polar surface area (TPSA) is 115 Å². The first-order valence-corrected chi connectivity index (χ1v) is 5.21. The molecule has 0 amide bonds. The second-order valence-corrected chi connectivity index (χ2v) is 3.69. The highest BCUT2D eigenvalue weighted by molar-refractivity contribution is 5.99. The number of aromatic nitrogens is 2. The van der Waals surface area contributed by atoms with E-state index in [1.54, 1.807) is 4.98 Å². The SMILES string of the molecule is O=C(c1ccccc1[N+](=O)[O-])n1cc(F)c(=O)[nH]c1=O. The van der Waals surface area contributed by atoms with E-state index in [0.717, 1.165) is 12.1 Å². The van der Waals surface area contributed by atoms with Crippen molar-refractivity contribution < 1.29 is 14.1 Å². The number of carbonyl (C=O) groups excluding carboxylic acids is 1. The third kappa shape index (κ3) is 2.23. The maximum atomic E-state index is 13.1. The third-order valence-corrected chi connectivity index (χ3v) is 2.45. The number of benzene rings is 1. The van der Waals surface area contributed by atoms with E-state index in [1.807, 2.05) is 0 Å². The van der Waals surface area contributed by atoms with Gasteiger partial charge in [0.25, 0.3) is 17.2 Å². The Hall–Kier alpha value is -3.10. The summed E-state index contributed by atoms with van der Waals surface area (Å²) in [6, 6.07) is 4.88. The molecule has 0 fully saturated rings. The second kappa shape index (κ2) is 4.88. The molecule has 0 aliphatic rings. The molecule has 1 aromatic heterocycles. The maximum absolute atomic E-state index is 13.1. The number of nitro benzene ring substituents is 1. The predicted octanol–water partition coefficient (Wildman–Crippen LogP) is 0.272. The van der Waals surface area contributed by atoms with Crippen LogP contribution in [0.1, 0.15) is 10.4 Å². The van der Waals surface area contributed by atoms with E-state index in [1.165, 1.54) is 12.1 Å². The van der Waals surface area contributed by atoms with Crippen LogP contribution in [-0.4, -0.2) is 20.4 Å². The van der Waals surface area contributed by atoms with Crippen LogP contribution in [0.15, 0.2) is 40.1 Å². The Morgan fingerprint density at radius 3 is 2.60 bits per heavy atom. The summed E-state index contributed by atoms with van der Waals surface area (Å²) in [5.41, 5.74) is -3.39. The van der Waals surface area contributed by atoms with Gasteiger partial charge in [-0.05, 0) is 6.07 Å². The van der Waals surface area contributed by atoms with E-state index in [4.69, 9.17) is 0 Å². The number of para-hydroxylation sites is 1. The minimum Gasteiger partial charge on any atom is -0.271 e. The zero-order valence-corrected chi connectivity index (χ0v) is 9.70. The molecule has 2 rings (SSSR count). The fourth-order valence-electron chi connectivity index (χ4n) is 1.54. The lowest BCUT2D eigenvalue weighted by molar-refractivity contribution is -0.385. The molecule has 9 heteroatoms. The number of halogens is 1. The first kappa shape index (κ1) is 13.3. The van der Waals surface area contributed by atoms with Crippen molar-refractivity contribution in [1.82, 2.24) is 9.55 Å². The summed E-state index contributed by atoms with van der Waals surface area (Å²) < 4.78 is 13.4. The van der Waals surface area contributed by atoms with Crippen LogP contribution in [0.3, 0.4) is 0 Å². The first-order valence-electron chi connectivity index (χ1n) is 5.21. The van der Waals surface area contributed by atoms with Crippen molar-refractivity contribution in [2.45, 2.75) is 0 Å². The highest BCUT2D eigenvalue weighted by atomic mass is 19.1. The van der Waals surface area contributed by atoms with Gasteiger partial charge in [0.1, 0.15) is 5.56 Å². The molecule has 2 aromatic rings. The van der Waals surface area contributed by atoms with E-state index in [2.05, 4.69) is 0 Å². The minimum absolute atomic E-state index is 0.263. The van der Waals surface area contributed by atoms with Crippen LogP contribution < -0.4 is 11.2 Å². The number of hydrogen-bond donors (Lipinski definition) is 1. The van der Waals surface area contributed by atoms with Gasteiger partial charge in [-0.3, -0.25) is 24.7 Å². The van der Waals surface area contributed by atoms with Gasteiger partial charge >= 0.3 is 5.69 Å². The van der Waals surface area contributed by atoms with Crippen LogP contribution in [0.4, 0.5) is 10.1 Å². The Labute approximate surface area is 109 Å². The number of H-pyrrole nitrogens is 1. The van der Waals surface area contributed by atoms with Crippen molar-refractivity contribution in [3.8, 4) is 0 Å². The second-order valence-electron chi connectivity index (χ2n) is 3.69. The van der Waals surface area contributed by atoms with E-state index in [0.29, 0.717) is 6.20 Å². The van der Waals surface area contributed by atoms with E-state index in [9.17, 15) is 28.9 Å². The molecule has 0 saturated heterocycles. The molecule has 1 heterocycles. The molecule has 102 valence electrons. The average molecular weight is 279 g/mol. The van der Waals surface area contributed by atoms with E-state index in [-0.39, 0.29) is 4.57 Å². The molecule has 0 unspecified atom stereocenters. The van der Waals surface area contributed by atoms with Crippen molar-refractivity contribution in [2.24, 2.45) is 0 Å². The Balaban J connectivity index is 2.64. The molecule has 1 N–H and O–H groups in total. The number of hydrogen-bond acceptors (Lipinski definition) is 5. The van der Waals surface area contributed by atoms with Crippen LogP contribution in [-0.2, 0) is 0 Å². The normalized spacial score (nSPS) is 10.2. The number of aromatic amines is 1. The lowest BCUT2D eigenvalue weighted by Gasteiger charge is -2.04. The predicted molar refractivity (Wildman–Crippen MR) is 64.1 cm³/mol. The zero-order chi connectivity index (χ0) is 14.9.